The van der Waals surface area contributed by atoms with Crippen molar-refractivity contribution in [1.29, 1.82) is 0 Å². The second-order valence-electron chi connectivity index (χ2n) is 6.05. The van der Waals surface area contributed by atoms with Crippen molar-refractivity contribution in [3.8, 4) is 5.75 Å². The molecule has 2 aromatic rings. The molecular weight excluding hydrogens is 380 g/mol. The van der Waals surface area contributed by atoms with Gasteiger partial charge in [0.05, 0.1) is 18.5 Å². The molecule has 0 saturated carbocycles. The van der Waals surface area contributed by atoms with Gasteiger partial charge in [0.2, 0.25) is 0 Å². The summed E-state index contributed by atoms with van der Waals surface area (Å²) in [6.07, 6.45) is -0.0621. The van der Waals surface area contributed by atoms with Crippen molar-refractivity contribution >= 4 is 23.3 Å². The molecule has 0 unspecified atom stereocenters. The molecule has 9 heteroatoms. The number of methoxy groups -OCH3 is 1. The highest BCUT2D eigenvalue weighted by atomic mass is 16.6. The van der Waals surface area contributed by atoms with Gasteiger partial charge in [-0.15, -0.1) is 0 Å². The van der Waals surface area contributed by atoms with Crippen molar-refractivity contribution in [2.45, 2.75) is 20.0 Å². The summed E-state index contributed by atoms with van der Waals surface area (Å²) < 4.78 is 10.4. The van der Waals surface area contributed by atoms with Crippen molar-refractivity contribution in [3.05, 3.63) is 69.3 Å². The van der Waals surface area contributed by atoms with E-state index in [9.17, 15) is 24.5 Å². The minimum absolute atomic E-state index is 0.0409. The summed E-state index contributed by atoms with van der Waals surface area (Å²) in [5, 5.41) is 13.2. The number of carbonyl (C=O) groups is 3. The van der Waals surface area contributed by atoms with E-state index in [0.29, 0.717) is 16.9 Å². The number of non-ortho nitro benzene ring substituents is 1. The second-order valence-corrected chi connectivity index (χ2v) is 6.05. The first-order valence-corrected chi connectivity index (χ1v) is 8.68. The molecule has 0 heterocycles. The summed E-state index contributed by atoms with van der Waals surface area (Å²) in [7, 11) is 1.47. The maximum atomic E-state index is 12.0. The summed E-state index contributed by atoms with van der Waals surface area (Å²) in [6, 6.07) is 9.98. The average Bonchev–Trinajstić information content (AvgIpc) is 2.71. The summed E-state index contributed by atoms with van der Waals surface area (Å²) in [4.78, 5) is 45.5. The average molecular weight is 400 g/mol. The fraction of sp³-hybridized carbons (Fsp3) is 0.250. The van der Waals surface area contributed by atoms with Gasteiger partial charge in [-0.25, -0.2) is 0 Å². The van der Waals surface area contributed by atoms with Gasteiger partial charge < -0.3 is 14.8 Å². The Balaban J connectivity index is 1.83. The summed E-state index contributed by atoms with van der Waals surface area (Å²) in [5.74, 6) is -0.615. The van der Waals surface area contributed by atoms with Crippen molar-refractivity contribution < 1.29 is 28.8 Å². The van der Waals surface area contributed by atoms with Gasteiger partial charge in [0.1, 0.15) is 12.4 Å². The zero-order valence-corrected chi connectivity index (χ0v) is 16.0. The third-order valence-corrected chi connectivity index (χ3v) is 4.03. The van der Waals surface area contributed by atoms with Crippen LogP contribution >= 0.6 is 0 Å². The van der Waals surface area contributed by atoms with Crippen LogP contribution in [0, 0.1) is 10.1 Å². The van der Waals surface area contributed by atoms with Crippen LogP contribution in [0.2, 0.25) is 0 Å². The molecule has 0 aliphatic rings. The van der Waals surface area contributed by atoms with Gasteiger partial charge in [-0.1, -0.05) is 0 Å². The van der Waals surface area contributed by atoms with Gasteiger partial charge in [-0.3, -0.25) is 24.5 Å². The largest absolute Gasteiger partial charge is 0.496 e. The van der Waals surface area contributed by atoms with Crippen LogP contribution in [0.3, 0.4) is 0 Å². The third kappa shape index (κ3) is 6.13. The molecule has 9 nitrogen and oxygen atoms in total. The highest BCUT2D eigenvalue weighted by Gasteiger charge is 2.12. The highest BCUT2D eigenvalue weighted by molar-refractivity contribution is 5.95. The van der Waals surface area contributed by atoms with Crippen LogP contribution in [-0.2, 0) is 16.1 Å². The molecule has 0 aliphatic carbocycles. The molecule has 0 atom stereocenters. The van der Waals surface area contributed by atoms with Crippen LogP contribution in [-0.4, -0.2) is 36.2 Å². The van der Waals surface area contributed by atoms with E-state index in [4.69, 9.17) is 9.47 Å². The molecule has 29 heavy (non-hydrogen) atoms. The lowest BCUT2D eigenvalue weighted by atomic mass is 10.1. The van der Waals surface area contributed by atoms with Crippen LogP contribution in [0.4, 0.5) is 5.69 Å². The predicted octanol–water partition coefficient (Wildman–Crippen LogP) is 2.67. The lowest BCUT2D eigenvalue weighted by molar-refractivity contribution is -0.384. The van der Waals surface area contributed by atoms with Crippen LogP contribution in [0.5, 0.6) is 5.75 Å². The van der Waals surface area contributed by atoms with E-state index in [-0.39, 0.29) is 36.6 Å². The first-order chi connectivity index (χ1) is 13.8. The lowest BCUT2D eigenvalue weighted by Crippen LogP contribution is -2.26. The van der Waals surface area contributed by atoms with Crippen LogP contribution in [0.1, 0.15) is 39.6 Å². The summed E-state index contributed by atoms with van der Waals surface area (Å²) in [6.45, 7) is 1.41. The van der Waals surface area contributed by atoms with Crippen LogP contribution in [0.15, 0.2) is 42.5 Å². The number of hydrogen-bond acceptors (Lipinski definition) is 7. The number of Topliss-reactive ketones (excluding diaryl/α,β-unsaturated/α-hetero) is 1. The van der Waals surface area contributed by atoms with E-state index >= 15 is 0 Å². The monoisotopic (exact) mass is 400 g/mol. The Kier molecular flexibility index (Phi) is 7.41. The Morgan fingerprint density at radius 2 is 1.72 bits per heavy atom. The second kappa shape index (κ2) is 9.98. The molecule has 0 spiro atoms. The summed E-state index contributed by atoms with van der Waals surface area (Å²) >= 11 is 0. The van der Waals surface area contributed by atoms with Crippen LogP contribution in [0.25, 0.3) is 0 Å². The number of hydrogen-bond donors (Lipinski definition) is 1. The Hall–Kier alpha value is -3.75. The number of ketones is 1. The maximum Gasteiger partial charge on any atom is 0.307 e. The molecule has 0 fully saturated rings. The van der Waals surface area contributed by atoms with E-state index in [1.807, 2.05) is 0 Å². The summed E-state index contributed by atoms with van der Waals surface area (Å²) in [5.41, 5.74) is 1.17. The zero-order valence-electron chi connectivity index (χ0n) is 16.0. The minimum atomic E-state index is -0.557. The van der Waals surface area contributed by atoms with Crippen molar-refractivity contribution in [2.24, 2.45) is 0 Å². The first-order valence-electron chi connectivity index (χ1n) is 8.68. The smallest absolute Gasteiger partial charge is 0.307 e. The Bertz CT molecular complexity index is 923. The van der Waals surface area contributed by atoms with Crippen molar-refractivity contribution in [2.75, 3.05) is 13.7 Å². The predicted molar refractivity (Wildman–Crippen MR) is 103 cm³/mol. The number of ether oxygens (including phenoxy) is 2. The van der Waals surface area contributed by atoms with Gasteiger partial charge in [0, 0.05) is 35.4 Å². The van der Waals surface area contributed by atoms with Gasteiger partial charge >= 0.3 is 5.97 Å². The SMILES string of the molecule is COc1ccc(C(C)=O)cc1COC(=O)CCNC(=O)c1ccc([N+](=O)[O-])cc1. The number of nitro groups is 1. The number of amides is 1. The Morgan fingerprint density at radius 3 is 2.31 bits per heavy atom. The van der Waals surface area contributed by atoms with E-state index in [2.05, 4.69) is 5.32 Å². The molecule has 2 rings (SSSR count). The number of carbonyl (C=O) groups excluding carboxylic acids is 3. The molecular formula is C20H20N2O7. The van der Waals surface area contributed by atoms with Crippen molar-refractivity contribution in [1.82, 2.24) is 5.32 Å². The quantitative estimate of drug-likeness (QED) is 0.297. The minimum Gasteiger partial charge on any atom is -0.496 e. The molecule has 2 aromatic carbocycles. The molecule has 152 valence electrons. The number of nitrogens with zero attached hydrogens (tertiary/aromatic N) is 1. The molecule has 1 N–H and O–H groups in total. The van der Waals surface area contributed by atoms with Gasteiger partial charge in [-0.05, 0) is 37.3 Å². The number of benzene rings is 2. The van der Waals surface area contributed by atoms with Gasteiger partial charge in [-0.2, -0.15) is 0 Å². The molecule has 1 amide bonds. The molecule has 0 aromatic heterocycles. The number of esters is 1. The highest BCUT2D eigenvalue weighted by Crippen LogP contribution is 2.21. The maximum absolute atomic E-state index is 12.0. The fourth-order valence-corrected chi connectivity index (χ4v) is 2.46. The standard InChI is InChI=1S/C20H20N2O7/c1-13(23)15-5-8-18(28-2)16(11-15)12-29-19(24)9-10-21-20(25)14-3-6-17(7-4-14)22(26)27/h3-8,11H,9-10,12H2,1-2H3,(H,21,25). The van der Waals surface area contributed by atoms with Gasteiger partial charge in [0.25, 0.3) is 11.6 Å². The number of nitro benzene ring substituents is 1. The topological polar surface area (TPSA) is 125 Å². The Labute approximate surface area is 166 Å². The molecule has 0 aliphatic heterocycles. The molecule has 0 saturated heterocycles. The van der Waals surface area contributed by atoms with E-state index in [1.54, 1.807) is 18.2 Å². The number of nitrogens with one attached hydrogen (secondary N) is 1. The van der Waals surface area contributed by atoms with Gasteiger partial charge in [0.15, 0.2) is 5.78 Å². The van der Waals surface area contributed by atoms with E-state index in [1.165, 1.54) is 38.3 Å². The van der Waals surface area contributed by atoms with E-state index in [0.717, 1.165) is 0 Å². The van der Waals surface area contributed by atoms with Crippen LogP contribution < -0.4 is 10.1 Å². The fourth-order valence-electron chi connectivity index (χ4n) is 2.46. The lowest BCUT2D eigenvalue weighted by Gasteiger charge is -2.11. The number of rotatable bonds is 9. The Morgan fingerprint density at radius 1 is 1.07 bits per heavy atom. The third-order valence-electron chi connectivity index (χ3n) is 4.03. The molecule has 0 radical (unpaired) electrons. The van der Waals surface area contributed by atoms with Crippen molar-refractivity contribution in [3.63, 3.8) is 0 Å². The molecule has 0 bridgehead atoms. The normalized spacial score (nSPS) is 10.1. The zero-order chi connectivity index (χ0) is 21.4. The van der Waals surface area contributed by atoms with E-state index < -0.39 is 16.8 Å². The first kappa shape index (κ1) is 21.5.